The number of aryl methyl sites for hydroxylation is 1. The quantitative estimate of drug-likeness (QED) is 0.767. The van der Waals surface area contributed by atoms with E-state index in [9.17, 15) is 4.79 Å². The van der Waals surface area contributed by atoms with Crippen LogP contribution in [0, 0.1) is 6.92 Å². The van der Waals surface area contributed by atoms with Gasteiger partial charge in [-0.15, -0.1) is 0 Å². The monoisotopic (exact) mass is 356 g/mol. The fourth-order valence-corrected chi connectivity index (χ4v) is 2.67. The lowest BCUT2D eigenvalue weighted by atomic mass is 10.1. The highest BCUT2D eigenvalue weighted by atomic mass is 35.5. The number of nitrogens with zero attached hydrogens (tertiary/aromatic N) is 1. The molecule has 0 aliphatic carbocycles. The van der Waals surface area contributed by atoms with Crippen LogP contribution in [0.2, 0.25) is 0 Å². The Morgan fingerprint density at radius 3 is 2.40 bits per heavy atom. The van der Waals surface area contributed by atoms with E-state index in [-0.39, 0.29) is 5.56 Å². The number of H-pyrrole nitrogens is 1. The molecule has 0 amide bonds. The van der Waals surface area contributed by atoms with E-state index in [0.717, 1.165) is 11.1 Å². The van der Waals surface area contributed by atoms with Gasteiger partial charge in [-0.1, -0.05) is 41.4 Å². The van der Waals surface area contributed by atoms with Gasteiger partial charge in [-0.25, -0.2) is 4.98 Å². The van der Waals surface area contributed by atoms with Crippen LogP contribution in [0.5, 0.6) is 11.5 Å². The third-order valence-corrected chi connectivity index (χ3v) is 4.10. The maximum Gasteiger partial charge on any atom is 0.259 e. The zero-order valence-electron chi connectivity index (χ0n) is 14.1. The lowest BCUT2D eigenvalue weighted by Crippen LogP contribution is -2.11. The van der Waals surface area contributed by atoms with Gasteiger partial charge in [0.15, 0.2) is 17.3 Å². The van der Waals surface area contributed by atoms with Gasteiger partial charge in [-0.05, 0) is 24.6 Å². The van der Waals surface area contributed by atoms with Crippen molar-refractivity contribution in [1.29, 1.82) is 0 Å². The first-order chi connectivity index (χ1) is 12.0. The molecule has 0 aliphatic rings. The van der Waals surface area contributed by atoms with E-state index in [1.807, 2.05) is 31.2 Å². The molecule has 1 heterocycles. The van der Waals surface area contributed by atoms with Gasteiger partial charge in [0, 0.05) is 6.07 Å². The van der Waals surface area contributed by atoms with Crippen LogP contribution in [0.25, 0.3) is 22.0 Å². The van der Waals surface area contributed by atoms with Crippen molar-refractivity contribution in [1.82, 2.24) is 9.97 Å². The molecular formula is C19H17ClN2O3. The summed E-state index contributed by atoms with van der Waals surface area (Å²) >= 11 is 6.36. The van der Waals surface area contributed by atoms with Gasteiger partial charge in [-0.3, -0.25) is 4.79 Å². The first kappa shape index (κ1) is 17.0. The van der Waals surface area contributed by atoms with Crippen molar-refractivity contribution in [2.45, 2.75) is 6.92 Å². The third-order valence-electron chi connectivity index (χ3n) is 3.81. The van der Waals surface area contributed by atoms with Crippen molar-refractivity contribution in [3.63, 3.8) is 0 Å². The van der Waals surface area contributed by atoms with E-state index in [1.54, 1.807) is 18.2 Å². The third kappa shape index (κ3) is 3.51. The topological polar surface area (TPSA) is 64.2 Å². The van der Waals surface area contributed by atoms with Crippen LogP contribution in [0.4, 0.5) is 0 Å². The Hall–Kier alpha value is -2.79. The van der Waals surface area contributed by atoms with Gasteiger partial charge in [0.2, 0.25) is 0 Å². The SMILES string of the molecule is COc1cc2nc(/C(Cl)=C/c3ccc(C)cc3)[nH]c(=O)c2cc1OC. The molecule has 0 saturated heterocycles. The predicted octanol–water partition coefficient (Wildman–Crippen LogP) is 3.99. The van der Waals surface area contributed by atoms with E-state index in [2.05, 4.69) is 9.97 Å². The smallest absolute Gasteiger partial charge is 0.259 e. The number of aromatic amines is 1. The number of aromatic nitrogens is 2. The molecule has 1 N–H and O–H groups in total. The standard InChI is InChI=1S/C19H17ClN2O3/c1-11-4-6-12(7-5-11)8-14(20)18-21-15-10-17(25-3)16(24-2)9-13(15)19(23)22-18/h4-10H,1-3H3,(H,21,22,23)/b14-8-. The highest BCUT2D eigenvalue weighted by Crippen LogP contribution is 2.30. The van der Waals surface area contributed by atoms with Crippen LogP contribution in [-0.2, 0) is 0 Å². The number of halogens is 1. The summed E-state index contributed by atoms with van der Waals surface area (Å²) in [5.74, 6) is 1.26. The Balaban J connectivity index is 2.10. The predicted molar refractivity (Wildman–Crippen MR) is 100 cm³/mol. The highest BCUT2D eigenvalue weighted by molar-refractivity contribution is 6.50. The molecule has 1 aromatic heterocycles. The Labute approximate surface area is 149 Å². The van der Waals surface area contributed by atoms with Crippen LogP contribution >= 0.6 is 11.6 Å². The molecule has 0 spiro atoms. The summed E-state index contributed by atoms with van der Waals surface area (Å²) < 4.78 is 10.5. The molecule has 6 heteroatoms. The zero-order valence-corrected chi connectivity index (χ0v) is 14.8. The number of methoxy groups -OCH3 is 2. The van der Waals surface area contributed by atoms with Crippen molar-refractivity contribution >= 4 is 33.6 Å². The van der Waals surface area contributed by atoms with E-state index in [0.29, 0.717) is 33.3 Å². The van der Waals surface area contributed by atoms with E-state index in [4.69, 9.17) is 21.1 Å². The molecule has 2 aromatic carbocycles. The first-order valence-corrected chi connectivity index (χ1v) is 8.00. The molecule has 3 rings (SSSR count). The van der Waals surface area contributed by atoms with Crippen molar-refractivity contribution in [3.8, 4) is 11.5 Å². The minimum Gasteiger partial charge on any atom is -0.493 e. The molecule has 0 radical (unpaired) electrons. The molecule has 0 unspecified atom stereocenters. The Bertz CT molecular complexity index is 1010. The van der Waals surface area contributed by atoms with E-state index < -0.39 is 0 Å². The number of hydrogen-bond acceptors (Lipinski definition) is 4. The average Bonchev–Trinajstić information content (AvgIpc) is 2.62. The van der Waals surface area contributed by atoms with Gasteiger partial charge in [0.05, 0.1) is 30.2 Å². The summed E-state index contributed by atoms with van der Waals surface area (Å²) in [4.78, 5) is 19.5. The molecule has 5 nitrogen and oxygen atoms in total. The summed E-state index contributed by atoms with van der Waals surface area (Å²) in [7, 11) is 3.04. The number of fused-ring (bicyclic) bond motifs is 1. The van der Waals surface area contributed by atoms with Crippen molar-refractivity contribution in [2.75, 3.05) is 14.2 Å². The summed E-state index contributed by atoms with van der Waals surface area (Å²) in [5, 5.41) is 0.749. The van der Waals surface area contributed by atoms with Crippen LogP contribution in [-0.4, -0.2) is 24.2 Å². The Morgan fingerprint density at radius 1 is 1.12 bits per heavy atom. The second-order valence-corrected chi connectivity index (χ2v) is 5.95. The molecule has 0 saturated carbocycles. The number of ether oxygens (including phenoxy) is 2. The normalized spacial score (nSPS) is 11.6. The summed E-state index contributed by atoms with van der Waals surface area (Å²) in [6, 6.07) is 11.1. The van der Waals surface area contributed by atoms with Gasteiger partial charge >= 0.3 is 0 Å². The summed E-state index contributed by atoms with van der Waals surface area (Å²) in [6.45, 7) is 2.01. The van der Waals surface area contributed by atoms with Crippen molar-refractivity contribution in [2.24, 2.45) is 0 Å². The molecule has 128 valence electrons. The minimum atomic E-state index is -0.295. The minimum absolute atomic E-state index is 0.295. The summed E-state index contributed by atoms with van der Waals surface area (Å²) in [6.07, 6.45) is 1.76. The van der Waals surface area contributed by atoms with Crippen LogP contribution in [0.1, 0.15) is 17.0 Å². The van der Waals surface area contributed by atoms with Gasteiger partial charge in [-0.2, -0.15) is 0 Å². The number of hydrogen-bond donors (Lipinski definition) is 1. The lowest BCUT2D eigenvalue weighted by molar-refractivity contribution is 0.355. The second-order valence-electron chi connectivity index (χ2n) is 5.54. The number of benzene rings is 2. The fraction of sp³-hybridized carbons (Fsp3) is 0.158. The largest absolute Gasteiger partial charge is 0.493 e. The maximum absolute atomic E-state index is 12.4. The number of nitrogens with one attached hydrogen (secondary N) is 1. The van der Waals surface area contributed by atoms with Crippen molar-refractivity contribution < 1.29 is 9.47 Å². The Morgan fingerprint density at radius 2 is 1.76 bits per heavy atom. The van der Waals surface area contributed by atoms with E-state index >= 15 is 0 Å². The molecule has 0 fully saturated rings. The zero-order chi connectivity index (χ0) is 18.0. The first-order valence-electron chi connectivity index (χ1n) is 7.62. The molecule has 0 atom stereocenters. The van der Waals surface area contributed by atoms with E-state index in [1.165, 1.54) is 14.2 Å². The second kappa shape index (κ2) is 6.99. The van der Waals surface area contributed by atoms with Gasteiger partial charge in [0.25, 0.3) is 5.56 Å². The average molecular weight is 357 g/mol. The molecular weight excluding hydrogens is 340 g/mol. The molecule has 3 aromatic rings. The Kier molecular flexibility index (Phi) is 4.76. The molecule has 0 bridgehead atoms. The molecule has 25 heavy (non-hydrogen) atoms. The highest BCUT2D eigenvalue weighted by Gasteiger charge is 2.12. The summed E-state index contributed by atoms with van der Waals surface area (Å²) in [5.41, 5.74) is 2.26. The van der Waals surface area contributed by atoms with Crippen LogP contribution in [0.15, 0.2) is 41.2 Å². The lowest BCUT2D eigenvalue weighted by Gasteiger charge is -2.09. The van der Waals surface area contributed by atoms with Crippen LogP contribution < -0.4 is 15.0 Å². The van der Waals surface area contributed by atoms with Gasteiger partial charge < -0.3 is 14.5 Å². The van der Waals surface area contributed by atoms with Crippen molar-refractivity contribution in [3.05, 3.63) is 63.7 Å². The van der Waals surface area contributed by atoms with Crippen LogP contribution in [0.3, 0.4) is 0 Å². The van der Waals surface area contributed by atoms with Gasteiger partial charge in [0.1, 0.15) is 0 Å². The number of rotatable bonds is 4. The fourth-order valence-electron chi connectivity index (χ4n) is 2.46. The maximum atomic E-state index is 12.4. The molecule has 0 aliphatic heterocycles.